The summed E-state index contributed by atoms with van der Waals surface area (Å²) in [5, 5.41) is 7.80. The molecule has 0 bridgehead atoms. The molecule has 0 unspecified atom stereocenters. The Morgan fingerprint density at radius 3 is 3.05 bits per heavy atom. The van der Waals surface area contributed by atoms with Gasteiger partial charge in [0.15, 0.2) is 5.69 Å². The molecule has 0 N–H and O–H groups in total. The number of esters is 1. The van der Waals surface area contributed by atoms with E-state index < -0.39 is 5.97 Å². The fraction of sp³-hybridized carbons (Fsp3) is 0.333. The lowest BCUT2D eigenvalue weighted by atomic mass is 10.3. The van der Waals surface area contributed by atoms with Crippen LogP contribution in [0.15, 0.2) is 31.4 Å². The summed E-state index contributed by atoms with van der Waals surface area (Å²) in [4.78, 5) is 15.6. The molecule has 0 fully saturated rings. The van der Waals surface area contributed by atoms with Gasteiger partial charge < -0.3 is 9.30 Å². The largest absolute Gasteiger partial charge is 0.457 e. The van der Waals surface area contributed by atoms with E-state index in [0.29, 0.717) is 18.8 Å². The van der Waals surface area contributed by atoms with Crippen LogP contribution in [0, 0.1) is 6.92 Å². The van der Waals surface area contributed by atoms with Crippen molar-refractivity contribution in [1.29, 1.82) is 0 Å². The smallest absolute Gasteiger partial charge is 0.361 e. The minimum absolute atomic E-state index is 0.167. The molecule has 0 amide bonds. The van der Waals surface area contributed by atoms with Gasteiger partial charge in [0.1, 0.15) is 6.61 Å². The fourth-order valence-electron chi connectivity index (χ4n) is 1.59. The number of carbonyl (C=O) groups excluding carboxylic acids is 1. The highest BCUT2D eigenvalue weighted by Crippen LogP contribution is 2.06. The second-order valence-corrected chi connectivity index (χ2v) is 3.93. The van der Waals surface area contributed by atoms with Gasteiger partial charge in [0, 0.05) is 18.9 Å². The van der Waals surface area contributed by atoms with Crippen LogP contribution in [-0.2, 0) is 17.8 Å². The van der Waals surface area contributed by atoms with Crippen molar-refractivity contribution >= 4 is 5.97 Å². The molecule has 2 heterocycles. The Morgan fingerprint density at radius 1 is 1.53 bits per heavy atom. The summed E-state index contributed by atoms with van der Waals surface area (Å²) in [6.07, 6.45) is 6.82. The van der Waals surface area contributed by atoms with Crippen molar-refractivity contribution in [2.75, 3.05) is 6.61 Å². The van der Waals surface area contributed by atoms with Crippen molar-refractivity contribution in [2.45, 2.75) is 20.0 Å². The van der Waals surface area contributed by atoms with Crippen molar-refractivity contribution in [2.24, 2.45) is 0 Å². The van der Waals surface area contributed by atoms with Crippen molar-refractivity contribution < 1.29 is 9.53 Å². The number of imidazole rings is 1. The molecule has 0 radical (unpaired) electrons. The standard InChI is InChI=1S/C12H15N5O2/c1-3-8-19-12(18)11-10(2)17(15-14-11)7-6-16-5-4-13-9-16/h3-5,9H,1,6-8H2,2H3. The second-order valence-electron chi connectivity index (χ2n) is 3.93. The minimum atomic E-state index is -0.480. The number of carbonyl (C=O) groups is 1. The molecule has 7 heteroatoms. The van der Waals surface area contributed by atoms with Crippen LogP contribution in [0.3, 0.4) is 0 Å². The summed E-state index contributed by atoms with van der Waals surface area (Å²) >= 11 is 0. The SMILES string of the molecule is C=CCOC(=O)c1nnn(CCn2ccnc2)c1C. The maximum Gasteiger partial charge on any atom is 0.361 e. The first-order valence-electron chi connectivity index (χ1n) is 5.86. The minimum Gasteiger partial charge on any atom is -0.457 e. The van der Waals surface area contributed by atoms with E-state index >= 15 is 0 Å². The normalized spacial score (nSPS) is 10.4. The fourth-order valence-corrected chi connectivity index (χ4v) is 1.59. The van der Waals surface area contributed by atoms with Crippen molar-refractivity contribution in [3.05, 3.63) is 42.8 Å². The van der Waals surface area contributed by atoms with Crippen LogP contribution < -0.4 is 0 Å². The molecule has 2 rings (SSSR count). The highest BCUT2D eigenvalue weighted by atomic mass is 16.5. The lowest BCUT2D eigenvalue weighted by Crippen LogP contribution is -2.11. The van der Waals surface area contributed by atoms with Crippen LogP contribution in [0.1, 0.15) is 16.2 Å². The van der Waals surface area contributed by atoms with Gasteiger partial charge in [0.25, 0.3) is 0 Å². The van der Waals surface area contributed by atoms with Gasteiger partial charge in [0.05, 0.1) is 18.6 Å². The number of rotatable bonds is 6. The summed E-state index contributed by atoms with van der Waals surface area (Å²) in [5.41, 5.74) is 0.932. The number of nitrogens with zero attached hydrogens (tertiary/aromatic N) is 5. The Morgan fingerprint density at radius 2 is 2.37 bits per heavy atom. The zero-order valence-corrected chi connectivity index (χ0v) is 10.7. The van der Waals surface area contributed by atoms with Gasteiger partial charge in [-0.05, 0) is 6.92 Å². The summed E-state index contributed by atoms with van der Waals surface area (Å²) in [6.45, 7) is 6.77. The number of aryl methyl sites for hydroxylation is 2. The molecule has 0 aromatic carbocycles. The highest BCUT2D eigenvalue weighted by Gasteiger charge is 2.17. The van der Waals surface area contributed by atoms with E-state index in [9.17, 15) is 4.79 Å². The molecular weight excluding hydrogens is 246 g/mol. The van der Waals surface area contributed by atoms with Crippen LogP contribution in [0.4, 0.5) is 0 Å². The molecule has 7 nitrogen and oxygen atoms in total. The first-order chi connectivity index (χ1) is 9.22. The summed E-state index contributed by atoms with van der Waals surface area (Å²) in [5.74, 6) is -0.480. The zero-order valence-electron chi connectivity index (χ0n) is 10.7. The predicted molar refractivity (Wildman–Crippen MR) is 67.5 cm³/mol. The van der Waals surface area contributed by atoms with Gasteiger partial charge >= 0.3 is 5.97 Å². The molecular formula is C12H15N5O2. The molecule has 0 aliphatic rings. The first-order valence-corrected chi connectivity index (χ1v) is 5.86. The third-order valence-electron chi connectivity index (χ3n) is 2.64. The van der Waals surface area contributed by atoms with E-state index in [1.807, 2.05) is 10.8 Å². The Balaban J connectivity index is 2.01. The molecule has 0 aliphatic carbocycles. The lowest BCUT2D eigenvalue weighted by Gasteiger charge is -2.04. The average Bonchev–Trinajstić information content (AvgIpc) is 3.03. The molecule has 2 aromatic rings. The second kappa shape index (κ2) is 5.94. The lowest BCUT2D eigenvalue weighted by molar-refractivity contribution is 0.0542. The van der Waals surface area contributed by atoms with Crippen molar-refractivity contribution in [3.63, 3.8) is 0 Å². The van der Waals surface area contributed by atoms with Crippen molar-refractivity contribution in [1.82, 2.24) is 24.5 Å². The molecule has 100 valence electrons. The molecule has 19 heavy (non-hydrogen) atoms. The van der Waals surface area contributed by atoms with Gasteiger partial charge in [-0.15, -0.1) is 5.10 Å². The van der Waals surface area contributed by atoms with E-state index in [0.717, 1.165) is 0 Å². The van der Waals surface area contributed by atoms with E-state index in [1.165, 1.54) is 6.08 Å². The average molecular weight is 261 g/mol. The van der Waals surface area contributed by atoms with Gasteiger partial charge in [-0.3, -0.25) is 0 Å². The number of aromatic nitrogens is 5. The molecule has 2 aromatic heterocycles. The molecule has 0 spiro atoms. The van der Waals surface area contributed by atoms with Gasteiger partial charge in [-0.25, -0.2) is 14.5 Å². The monoisotopic (exact) mass is 261 g/mol. The molecule has 0 saturated heterocycles. The first kappa shape index (κ1) is 13.0. The van der Waals surface area contributed by atoms with Crippen LogP contribution in [0.5, 0.6) is 0 Å². The maximum atomic E-state index is 11.7. The van der Waals surface area contributed by atoms with E-state index in [2.05, 4.69) is 21.9 Å². The topological polar surface area (TPSA) is 74.8 Å². The maximum absolute atomic E-state index is 11.7. The Kier molecular flexibility index (Phi) is 4.07. The predicted octanol–water partition coefficient (Wildman–Crippen LogP) is 0.826. The summed E-state index contributed by atoms with van der Waals surface area (Å²) < 4.78 is 8.53. The van der Waals surface area contributed by atoms with E-state index in [-0.39, 0.29) is 12.3 Å². The van der Waals surface area contributed by atoms with Crippen molar-refractivity contribution in [3.8, 4) is 0 Å². The number of hydrogen-bond acceptors (Lipinski definition) is 5. The quantitative estimate of drug-likeness (QED) is 0.568. The van der Waals surface area contributed by atoms with Crippen LogP contribution in [0.25, 0.3) is 0 Å². The Labute approximate surface area is 110 Å². The highest BCUT2D eigenvalue weighted by molar-refractivity contribution is 5.88. The molecule has 0 atom stereocenters. The Hall–Kier alpha value is -2.44. The summed E-state index contributed by atoms with van der Waals surface area (Å²) in [6, 6.07) is 0. The number of ether oxygens (including phenoxy) is 1. The van der Waals surface area contributed by atoms with Crippen LogP contribution in [0.2, 0.25) is 0 Å². The molecule has 0 aliphatic heterocycles. The van der Waals surface area contributed by atoms with Gasteiger partial charge in [0.2, 0.25) is 0 Å². The van der Waals surface area contributed by atoms with Crippen LogP contribution >= 0.6 is 0 Å². The number of hydrogen-bond donors (Lipinski definition) is 0. The van der Waals surface area contributed by atoms with E-state index in [1.54, 1.807) is 24.1 Å². The molecule has 0 saturated carbocycles. The summed E-state index contributed by atoms with van der Waals surface area (Å²) in [7, 11) is 0. The third kappa shape index (κ3) is 3.06. The third-order valence-corrected chi connectivity index (χ3v) is 2.64. The zero-order chi connectivity index (χ0) is 13.7. The van der Waals surface area contributed by atoms with Crippen LogP contribution in [-0.4, -0.2) is 37.1 Å². The van der Waals surface area contributed by atoms with E-state index in [4.69, 9.17) is 4.74 Å². The van der Waals surface area contributed by atoms with Gasteiger partial charge in [-0.1, -0.05) is 17.9 Å². The Bertz CT molecular complexity index is 559. The van der Waals surface area contributed by atoms with Gasteiger partial charge in [-0.2, -0.15) is 0 Å².